The molecule has 2 amide bonds. The van der Waals surface area contributed by atoms with Crippen molar-refractivity contribution in [3.05, 3.63) is 35.4 Å². The van der Waals surface area contributed by atoms with E-state index in [0.717, 1.165) is 23.1 Å². The molecule has 138 valence electrons. The first-order chi connectivity index (χ1) is 11.7. The van der Waals surface area contributed by atoms with E-state index in [1.54, 1.807) is 13.8 Å². The van der Waals surface area contributed by atoms with Crippen LogP contribution in [0, 0.1) is 0 Å². The molecule has 0 unspecified atom stereocenters. The van der Waals surface area contributed by atoms with Gasteiger partial charge in [0.05, 0.1) is 17.7 Å². The summed E-state index contributed by atoms with van der Waals surface area (Å²) in [6, 6.07) is 4.14. The number of carbonyl (C=O) groups is 3. The number of esters is 1. The molecule has 1 aromatic carbocycles. The number of nitrogens with zero attached hydrogens (tertiary/aromatic N) is 1. The monoisotopic (exact) mass is 360 g/mol. The van der Waals surface area contributed by atoms with E-state index in [2.05, 4.69) is 10.1 Å². The highest BCUT2D eigenvalue weighted by atomic mass is 19.4. The van der Waals surface area contributed by atoms with Gasteiger partial charge in [-0.05, 0) is 26.0 Å². The summed E-state index contributed by atoms with van der Waals surface area (Å²) in [5.74, 6) is -2.31. The Balaban J connectivity index is 2.73. The summed E-state index contributed by atoms with van der Waals surface area (Å²) in [4.78, 5) is 36.5. The van der Waals surface area contributed by atoms with Crippen molar-refractivity contribution in [2.24, 2.45) is 0 Å². The molecule has 6 nitrogen and oxygen atoms in total. The number of nitrogens with one attached hydrogen (secondary N) is 1. The summed E-state index contributed by atoms with van der Waals surface area (Å²) in [7, 11) is 0. The topological polar surface area (TPSA) is 75.7 Å². The fourth-order valence-corrected chi connectivity index (χ4v) is 2.01. The van der Waals surface area contributed by atoms with Crippen molar-refractivity contribution in [3.63, 3.8) is 0 Å². The Labute approximate surface area is 142 Å². The second-order valence-electron chi connectivity index (χ2n) is 4.98. The minimum absolute atomic E-state index is 0.187. The van der Waals surface area contributed by atoms with Crippen molar-refractivity contribution in [1.82, 2.24) is 10.2 Å². The van der Waals surface area contributed by atoms with Crippen LogP contribution in [0.2, 0.25) is 0 Å². The molecule has 0 aliphatic heterocycles. The number of hydrogen-bond acceptors (Lipinski definition) is 4. The Morgan fingerprint density at radius 1 is 1.16 bits per heavy atom. The molecule has 1 N–H and O–H groups in total. The van der Waals surface area contributed by atoms with Gasteiger partial charge in [-0.2, -0.15) is 13.2 Å². The highest BCUT2D eigenvalue weighted by molar-refractivity contribution is 5.93. The van der Waals surface area contributed by atoms with Crippen LogP contribution in [0.3, 0.4) is 0 Å². The van der Waals surface area contributed by atoms with Gasteiger partial charge in [-0.1, -0.05) is 12.1 Å². The van der Waals surface area contributed by atoms with Crippen LogP contribution in [0.25, 0.3) is 0 Å². The van der Waals surface area contributed by atoms with E-state index in [-0.39, 0.29) is 19.0 Å². The van der Waals surface area contributed by atoms with E-state index in [0.29, 0.717) is 6.54 Å². The van der Waals surface area contributed by atoms with Crippen molar-refractivity contribution < 1.29 is 32.3 Å². The molecule has 0 bridgehead atoms. The summed E-state index contributed by atoms with van der Waals surface area (Å²) in [5.41, 5.74) is -1.81. The highest BCUT2D eigenvalue weighted by Crippen LogP contribution is 2.32. The first kappa shape index (κ1) is 20.5. The molecule has 1 aromatic rings. The van der Waals surface area contributed by atoms with E-state index < -0.39 is 35.8 Å². The molecule has 0 heterocycles. The van der Waals surface area contributed by atoms with E-state index in [1.807, 2.05) is 0 Å². The number of halogens is 3. The van der Waals surface area contributed by atoms with Crippen molar-refractivity contribution in [2.75, 3.05) is 26.2 Å². The lowest BCUT2D eigenvalue weighted by Gasteiger charge is -2.20. The second kappa shape index (κ2) is 9.05. The molecule has 0 aliphatic rings. The third-order valence-corrected chi connectivity index (χ3v) is 3.22. The Hall–Kier alpha value is -2.58. The molecule has 0 spiro atoms. The molecular weight excluding hydrogens is 341 g/mol. The summed E-state index contributed by atoms with van der Waals surface area (Å²) in [6.45, 7) is 2.95. The third-order valence-electron chi connectivity index (χ3n) is 3.22. The number of likely N-dealkylation sites (N-methyl/N-ethyl adjacent to an activating group) is 2. The first-order valence-electron chi connectivity index (χ1n) is 7.58. The average Bonchev–Trinajstić information content (AvgIpc) is 2.56. The second-order valence-corrected chi connectivity index (χ2v) is 4.98. The minimum Gasteiger partial charge on any atom is -0.452 e. The normalized spacial score (nSPS) is 10.9. The van der Waals surface area contributed by atoms with Crippen LogP contribution in [0.5, 0.6) is 0 Å². The number of alkyl halides is 3. The molecule has 9 heteroatoms. The van der Waals surface area contributed by atoms with Crippen LogP contribution >= 0.6 is 0 Å². The Bertz CT molecular complexity index is 632. The Kier molecular flexibility index (Phi) is 7.41. The predicted octanol–water partition coefficient (Wildman–Crippen LogP) is 1.85. The molecule has 0 saturated heterocycles. The lowest BCUT2D eigenvalue weighted by molar-refractivity contribution is -0.139. The number of benzene rings is 1. The quantitative estimate of drug-likeness (QED) is 0.753. The Morgan fingerprint density at radius 3 is 2.36 bits per heavy atom. The number of amides is 2. The maximum Gasteiger partial charge on any atom is 0.417 e. The fraction of sp³-hybridized carbons (Fsp3) is 0.438. The maximum atomic E-state index is 12.9. The van der Waals surface area contributed by atoms with Gasteiger partial charge in [0.1, 0.15) is 0 Å². The highest BCUT2D eigenvalue weighted by Gasteiger charge is 2.35. The molecule has 0 atom stereocenters. The van der Waals surface area contributed by atoms with E-state index in [1.165, 1.54) is 6.07 Å². The van der Waals surface area contributed by atoms with Crippen LogP contribution in [-0.4, -0.2) is 48.9 Å². The summed E-state index contributed by atoms with van der Waals surface area (Å²) >= 11 is 0. The largest absolute Gasteiger partial charge is 0.452 e. The predicted molar refractivity (Wildman–Crippen MR) is 82.7 cm³/mol. The third kappa shape index (κ3) is 6.09. The number of ether oxygens (including phenoxy) is 1. The SMILES string of the molecule is CCNC(=O)CN(CC)C(=O)COC(=O)c1ccccc1C(F)(F)F. The lowest BCUT2D eigenvalue weighted by Crippen LogP contribution is -2.42. The van der Waals surface area contributed by atoms with Gasteiger partial charge in [-0.3, -0.25) is 9.59 Å². The molecule has 0 fully saturated rings. The van der Waals surface area contributed by atoms with Crippen molar-refractivity contribution in [3.8, 4) is 0 Å². The molecule has 1 rings (SSSR count). The van der Waals surface area contributed by atoms with E-state index in [9.17, 15) is 27.6 Å². The zero-order valence-corrected chi connectivity index (χ0v) is 13.9. The molecule has 0 saturated carbocycles. The fourth-order valence-electron chi connectivity index (χ4n) is 2.01. The van der Waals surface area contributed by atoms with Crippen LogP contribution in [0.15, 0.2) is 24.3 Å². The van der Waals surface area contributed by atoms with Crippen LogP contribution in [0.1, 0.15) is 29.8 Å². The molecular formula is C16H19F3N2O4. The van der Waals surface area contributed by atoms with E-state index in [4.69, 9.17) is 0 Å². The van der Waals surface area contributed by atoms with Crippen LogP contribution in [0.4, 0.5) is 13.2 Å². The van der Waals surface area contributed by atoms with Gasteiger partial charge in [-0.25, -0.2) is 4.79 Å². The van der Waals surface area contributed by atoms with Gasteiger partial charge in [0.15, 0.2) is 6.61 Å². The number of carbonyl (C=O) groups excluding carboxylic acids is 3. The first-order valence-corrected chi connectivity index (χ1v) is 7.58. The summed E-state index contributed by atoms with van der Waals surface area (Å²) in [6.07, 6.45) is -4.71. The van der Waals surface area contributed by atoms with Gasteiger partial charge < -0.3 is 15.0 Å². The average molecular weight is 360 g/mol. The number of rotatable bonds is 7. The molecule has 0 radical (unpaired) electrons. The zero-order valence-electron chi connectivity index (χ0n) is 13.9. The van der Waals surface area contributed by atoms with Gasteiger partial charge in [0, 0.05) is 13.1 Å². The van der Waals surface area contributed by atoms with Crippen LogP contribution in [-0.2, 0) is 20.5 Å². The maximum absolute atomic E-state index is 12.9. The minimum atomic E-state index is -4.71. The smallest absolute Gasteiger partial charge is 0.417 e. The summed E-state index contributed by atoms with van der Waals surface area (Å²) in [5, 5.41) is 2.51. The van der Waals surface area contributed by atoms with Crippen molar-refractivity contribution in [1.29, 1.82) is 0 Å². The molecule has 0 aliphatic carbocycles. The van der Waals surface area contributed by atoms with Crippen molar-refractivity contribution in [2.45, 2.75) is 20.0 Å². The molecule has 0 aromatic heterocycles. The van der Waals surface area contributed by atoms with Gasteiger partial charge in [0.2, 0.25) is 5.91 Å². The van der Waals surface area contributed by atoms with Gasteiger partial charge in [-0.15, -0.1) is 0 Å². The number of hydrogen-bond donors (Lipinski definition) is 1. The standard InChI is InChI=1S/C16H19F3N2O4/c1-3-20-13(22)9-21(4-2)14(23)10-25-15(24)11-7-5-6-8-12(11)16(17,18)19/h5-8H,3-4,9-10H2,1-2H3,(H,20,22). The lowest BCUT2D eigenvalue weighted by atomic mass is 10.1. The van der Waals surface area contributed by atoms with Gasteiger partial charge >= 0.3 is 12.1 Å². The summed E-state index contributed by atoms with van der Waals surface area (Å²) < 4.78 is 43.3. The van der Waals surface area contributed by atoms with Crippen molar-refractivity contribution >= 4 is 17.8 Å². The Morgan fingerprint density at radius 2 is 1.80 bits per heavy atom. The molecule has 25 heavy (non-hydrogen) atoms. The van der Waals surface area contributed by atoms with E-state index >= 15 is 0 Å². The zero-order chi connectivity index (χ0) is 19.0. The van der Waals surface area contributed by atoms with Gasteiger partial charge in [0.25, 0.3) is 5.91 Å². The van der Waals surface area contributed by atoms with Crippen LogP contribution < -0.4 is 5.32 Å².